The van der Waals surface area contributed by atoms with Gasteiger partial charge < -0.3 is 26.0 Å². The summed E-state index contributed by atoms with van der Waals surface area (Å²) in [6.07, 6.45) is 8.59. The van der Waals surface area contributed by atoms with Crippen molar-refractivity contribution in [1.29, 1.82) is 0 Å². The third kappa shape index (κ3) is 6.21. The molecule has 3 aliphatic heterocycles. The summed E-state index contributed by atoms with van der Waals surface area (Å²) in [5.74, 6) is -1.36. The highest BCUT2D eigenvalue weighted by molar-refractivity contribution is 5.79. The van der Waals surface area contributed by atoms with Crippen molar-refractivity contribution in [3.63, 3.8) is 0 Å². The lowest BCUT2D eigenvalue weighted by molar-refractivity contribution is -0.136. The molecule has 4 heterocycles. The molecule has 7 rings (SSSR count). The van der Waals surface area contributed by atoms with E-state index in [0.717, 1.165) is 83.2 Å². The molecule has 1 atom stereocenters. The lowest BCUT2D eigenvalue weighted by atomic mass is 9.89. The predicted molar refractivity (Wildman–Crippen MR) is 163 cm³/mol. The third-order valence-electron chi connectivity index (χ3n) is 10.4. The van der Waals surface area contributed by atoms with Crippen LogP contribution >= 0.6 is 0 Å². The van der Waals surface area contributed by atoms with Gasteiger partial charge in [-0.3, -0.25) is 14.3 Å². The largest absolute Gasteiger partial charge is 0.450 e. The molecule has 1 unspecified atom stereocenters. The number of halogens is 2. The molecule has 44 heavy (non-hydrogen) atoms. The molecule has 1 aromatic heterocycles. The molecular weight excluding hydrogens is 568 g/mol. The standard InChI is InChI=1S/C32H43F2N7O3/c33-32(34)16-22(32)17-40(25-7-11-36-12-8-25)29(42)19-39-13-9-20(10-14-39)21-1-6-27-26(15-21)37-30-28(44-27)18-41(31(43)38-30)24-4-2-23(35)3-5-24/h1,6,15,18,20,22-25,36H,2-5,7-14,16-17,19,35H2,(H,37,38,43)/t22?,23-,24-. The number of amides is 1. The molecule has 4 fully saturated rings. The number of aromatic nitrogens is 2. The zero-order chi connectivity index (χ0) is 30.4. The van der Waals surface area contributed by atoms with E-state index in [9.17, 15) is 18.4 Å². The van der Waals surface area contributed by atoms with Crippen LogP contribution in [0.4, 0.5) is 20.3 Å². The molecule has 2 saturated carbocycles. The number of carbonyl (C=O) groups excluding carboxylic acids is 1. The fourth-order valence-electron chi connectivity index (χ4n) is 7.48. The van der Waals surface area contributed by atoms with Gasteiger partial charge in [-0.2, -0.15) is 4.98 Å². The molecule has 4 N–H and O–H groups in total. The molecule has 12 heteroatoms. The molecule has 0 radical (unpaired) electrons. The summed E-state index contributed by atoms with van der Waals surface area (Å²) in [6, 6.07) is 6.47. The zero-order valence-electron chi connectivity index (χ0n) is 25.1. The normalized spacial score (nSPS) is 27.0. The zero-order valence-corrected chi connectivity index (χ0v) is 25.1. The van der Waals surface area contributed by atoms with Gasteiger partial charge in [-0.15, -0.1) is 0 Å². The molecule has 0 bridgehead atoms. The van der Waals surface area contributed by atoms with Gasteiger partial charge in [-0.25, -0.2) is 13.6 Å². The van der Waals surface area contributed by atoms with Gasteiger partial charge in [0.15, 0.2) is 17.3 Å². The SMILES string of the molecule is N[C@H]1CC[C@H](n2cc3c(nc2=O)Nc2cc(C4CCN(CC(=O)N(CC5CC5(F)F)C5CCNCC5)CC4)ccc2O3)CC1. The van der Waals surface area contributed by atoms with Crippen molar-refractivity contribution in [2.45, 2.75) is 87.8 Å². The van der Waals surface area contributed by atoms with E-state index in [1.807, 2.05) is 6.07 Å². The Balaban J connectivity index is 0.964. The predicted octanol–water partition coefficient (Wildman–Crippen LogP) is 3.95. The van der Waals surface area contributed by atoms with E-state index < -0.39 is 11.8 Å². The molecular formula is C32H43F2N7O3. The van der Waals surface area contributed by atoms with Gasteiger partial charge in [0, 0.05) is 37.0 Å². The van der Waals surface area contributed by atoms with Crippen molar-refractivity contribution in [2.24, 2.45) is 11.7 Å². The van der Waals surface area contributed by atoms with Crippen molar-refractivity contribution in [2.75, 3.05) is 44.6 Å². The lowest BCUT2D eigenvalue weighted by Crippen LogP contribution is -2.51. The molecule has 1 aromatic carbocycles. The van der Waals surface area contributed by atoms with Crippen molar-refractivity contribution in [3.8, 4) is 11.5 Å². The van der Waals surface area contributed by atoms with Crippen LogP contribution in [0.15, 0.2) is 29.2 Å². The van der Waals surface area contributed by atoms with Gasteiger partial charge in [0.2, 0.25) is 5.91 Å². The maximum Gasteiger partial charge on any atom is 0.350 e. The minimum absolute atomic E-state index is 0.0227. The van der Waals surface area contributed by atoms with Crippen LogP contribution in [0.3, 0.4) is 0 Å². The highest BCUT2D eigenvalue weighted by Gasteiger charge is 2.57. The number of anilines is 2. The Labute approximate surface area is 256 Å². The highest BCUT2D eigenvalue weighted by Crippen LogP contribution is 2.49. The maximum absolute atomic E-state index is 13.7. The number of rotatable bonds is 7. The average molecular weight is 612 g/mol. The second kappa shape index (κ2) is 12.0. The maximum atomic E-state index is 13.7. The van der Waals surface area contributed by atoms with E-state index in [0.29, 0.717) is 23.2 Å². The molecule has 2 aliphatic carbocycles. The minimum atomic E-state index is -2.63. The van der Waals surface area contributed by atoms with E-state index in [1.165, 1.54) is 5.56 Å². The number of ether oxygens (including phenoxy) is 1. The third-order valence-corrected chi connectivity index (χ3v) is 10.4. The van der Waals surface area contributed by atoms with Gasteiger partial charge in [-0.1, -0.05) is 6.07 Å². The quantitative estimate of drug-likeness (QED) is 0.368. The van der Waals surface area contributed by atoms with Gasteiger partial charge in [0.05, 0.1) is 18.4 Å². The first-order chi connectivity index (χ1) is 21.2. The number of nitrogens with two attached hydrogens (primary N) is 1. The summed E-state index contributed by atoms with van der Waals surface area (Å²) in [6.45, 7) is 3.62. The van der Waals surface area contributed by atoms with E-state index in [1.54, 1.807) is 15.7 Å². The first-order valence-electron chi connectivity index (χ1n) is 16.3. The second-order valence-electron chi connectivity index (χ2n) is 13.4. The van der Waals surface area contributed by atoms with Crippen LogP contribution in [-0.2, 0) is 4.79 Å². The lowest BCUT2D eigenvalue weighted by Gasteiger charge is -2.38. The number of hydrogen-bond donors (Lipinski definition) is 3. The van der Waals surface area contributed by atoms with Crippen LogP contribution in [0.25, 0.3) is 0 Å². The van der Waals surface area contributed by atoms with Gasteiger partial charge in [-0.05, 0) is 101 Å². The number of carbonyl (C=O) groups is 1. The van der Waals surface area contributed by atoms with Crippen LogP contribution < -0.4 is 26.8 Å². The smallest absolute Gasteiger partial charge is 0.350 e. The second-order valence-corrected chi connectivity index (χ2v) is 13.4. The van der Waals surface area contributed by atoms with Crippen LogP contribution in [0.1, 0.15) is 75.3 Å². The van der Waals surface area contributed by atoms with Crippen molar-refractivity contribution < 1.29 is 18.3 Å². The van der Waals surface area contributed by atoms with Gasteiger partial charge in [0.1, 0.15) is 0 Å². The summed E-state index contributed by atoms with van der Waals surface area (Å²) < 4.78 is 35.4. The summed E-state index contributed by atoms with van der Waals surface area (Å²) in [5.41, 5.74) is 7.73. The Bertz CT molecular complexity index is 1430. The Morgan fingerprint density at radius 3 is 2.50 bits per heavy atom. The number of piperidine rings is 2. The molecule has 238 valence electrons. The van der Waals surface area contributed by atoms with Crippen LogP contribution in [0.5, 0.6) is 11.5 Å². The number of benzene rings is 1. The number of nitrogens with one attached hydrogen (secondary N) is 2. The molecule has 10 nitrogen and oxygen atoms in total. The summed E-state index contributed by atoms with van der Waals surface area (Å²) >= 11 is 0. The minimum Gasteiger partial charge on any atom is -0.450 e. The summed E-state index contributed by atoms with van der Waals surface area (Å²) in [7, 11) is 0. The van der Waals surface area contributed by atoms with E-state index in [2.05, 4.69) is 32.7 Å². The molecule has 1 amide bonds. The summed E-state index contributed by atoms with van der Waals surface area (Å²) in [4.78, 5) is 34.5. The van der Waals surface area contributed by atoms with Crippen molar-refractivity contribution in [3.05, 3.63) is 40.4 Å². The van der Waals surface area contributed by atoms with Gasteiger partial charge in [0.25, 0.3) is 5.92 Å². The number of likely N-dealkylation sites (tertiary alicyclic amines) is 1. The fourth-order valence-corrected chi connectivity index (χ4v) is 7.48. The Morgan fingerprint density at radius 2 is 1.80 bits per heavy atom. The Kier molecular flexibility index (Phi) is 8.09. The number of alkyl halides is 2. The molecule has 2 aromatic rings. The van der Waals surface area contributed by atoms with Crippen LogP contribution in [-0.4, -0.2) is 82.5 Å². The van der Waals surface area contributed by atoms with Crippen LogP contribution in [0, 0.1) is 5.92 Å². The van der Waals surface area contributed by atoms with E-state index in [-0.39, 0.29) is 49.2 Å². The monoisotopic (exact) mass is 611 g/mol. The van der Waals surface area contributed by atoms with Crippen molar-refractivity contribution in [1.82, 2.24) is 24.7 Å². The van der Waals surface area contributed by atoms with Gasteiger partial charge >= 0.3 is 5.69 Å². The van der Waals surface area contributed by atoms with Crippen molar-refractivity contribution >= 4 is 17.4 Å². The number of hydrogen-bond acceptors (Lipinski definition) is 8. The first-order valence-corrected chi connectivity index (χ1v) is 16.3. The Hall–Kier alpha value is -3.09. The van der Waals surface area contributed by atoms with E-state index in [4.69, 9.17) is 10.5 Å². The highest BCUT2D eigenvalue weighted by atomic mass is 19.3. The van der Waals surface area contributed by atoms with Crippen LogP contribution in [0.2, 0.25) is 0 Å². The molecule has 5 aliphatic rings. The summed E-state index contributed by atoms with van der Waals surface area (Å²) in [5, 5.41) is 6.62. The van der Waals surface area contributed by atoms with E-state index >= 15 is 0 Å². The molecule has 0 spiro atoms. The topological polar surface area (TPSA) is 118 Å². The fraction of sp³-hybridized carbons (Fsp3) is 0.656. The number of fused-ring (bicyclic) bond motifs is 2. The average Bonchev–Trinajstić information content (AvgIpc) is 3.64. The molecule has 2 saturated heterocycles. The first kappa shape index (κ1) is 29.6. The Morgan fingerprint density at radius 1 is 1.07 bits per heavy atom. The number of nitrogens with zero attached hydrogens (tertiary/aromatic N) is 4.